The van der Waals surface area contributed by atoms with E-state index in [-0.39, 0.29) is 0 Å². The van der Waals surface area contributed by atoms with Gasteiger partial charge in [-0.2, -0.15) is 0 Å². The molecule has 0 heterocycles. The zero-order valence-corrected chi connectivity index (χ0v) is 9.76. The summed E-state index contributed by atoms with van der Waals surface area (Å²) in [6, 6.07) is 0. The summed E-state index contributed by atoms with van der Waals surface area (Å²) in [5.74, 6) is 1.14. The van der Waals surface area contributed by atoms with Crippen LogP contribution in [0.3, 0.4) is 0 Å². The SMILES string of the molecule is COCCCCCCCCCC1CC1. The van der Waals surface area contributed by atoms with E-state index in [9.17, 15) is 0 Å². The van der Waals surface area contributed by atoms with Gasteiger partial charge in [0.2, 0.25) is 0 Å². The Morgan fingerprint density at radius 1 is 0.857 bits per heavy atom. The molecule has 14 heavy (non-hydrogen) atoms. The van der Waals surface area contributed by atoms with Crippen LogP contribution in [0.4, 0.5) is 0 Å². The van der Waals surface area contributed by atoms with Crippen molar-refractivity contribution in [3.8, 4) is 0 Å². The monoisotopic (exact) mass is 198 g/mol. The topological polar surface area (TPSA) is 9.23 Å². The van der Waals surface area contributed by atoms with Crippen molar-refractivity contribution in [2.75, 3.05) is 13.7 Å². The highest BCUT2D eigenvalue weighted by molar-refractivity contribution is 4.72. The van der Waals surface area contributed by atoms with E-state index in [2.05, 4.69) is 0 Å². The van der Waals surface area contributed by atoms with Crippen molar-refractivity contribution in [1.82, 2.24) is 0 Å². The summed E-state index contributed by atoms with van der Waals surface area (Å²) in [5.41, 5.74) is 0. The van der Waals surface area contributed by atoms with Crippen LogP contribution in [0, 0.1) is 5.92 Å². The Balaban J connectivity index is 1.63. The molecule has 1 rings (SSSR count). The molecule has 0 bridgehead atoms. The van der Waals surface area contributed by atoms with E-state index >= 15 is 0 Å². The van der Waals surface area contributed by atoms with Gasteiger partial charge in [-0.3, -0.25) is 0 Å². The largest absolute Gasteiger partial charge is 0.385 e. The van der Waals surface area contributed by atoms with Crippen LogP contribution in [0.1, 0.15) is 64.2 Å². The van der Waals surface area contributed by atoms with Gasteiger partial charge in [0.05, 0.1) is 0 Å². The fourth-order valence-corrected chi connectivity index (χ4v) is 1.97. The van der Waals surface area contributed by atoms with Crippen molar-refractivity contribution < 1.29 is 4.74 Å². The molecular formula is C13H26O. The summed E-state index contributed by atoms with van der Waals surface area (Å²) in [7, 11) is 1.79. The maximum absolute atomic E-state index is 5.02. The number of hydrogen-bond donors (Lipinski definition) is 0. The second-order valence-corrected chi connectivity index (χ2v) is 4.70. The summed E-state index contributed by atoms with van der Waals surface area (Å²) in [4.78, 5) is 0. The lowest BCUT2D eigenvalue weighted by Crippen LogP contribution is -1.88. The van der Waals surface area contributed by atoms with Gasteiger partial charge in [-0.15, -0.1) is 0 Å². The maximum atomic E-state index is 5.02. The summed E-state index contributed by atoms with van der Waals surface area (Å²) in [6.45, 7) is 0.946. The molecule has 0 unspecified atom stereocenters. The van der Waals surface area contributed by atoms with E-state index in [0.717, 1.165) is 12.5 Å². The molecule has 1 aliphatic carbocycles. The third kappa shape index (κ3) is 7.37. The van der Waals surface area contributed by atoms with Crippen molar-refractivity contribution >= 4 is 0 Å². The van der Waals surface area contributed by atoms with Crippen molar-refractivity contribution in [1.29, 1.82) is 0 Å². The molecule has 1 fully saturated rings. The summed E-state index contributed by atoms with van der Waals surface area (Å²) in [6.07, 6.45) is 14.4. The standard InChI is InChI=1S/C13H26O/c1-14-12-8-6-4-2-3-5-7-9-13-10-11-13/h13H,2-12H2,1H3. The average Bonchev–Trinajstić information content (AvgIpc) is 2.99. The van der Waals surface area contributed by atoms with Gasteiger partial charge < -0.3 is 4.74 Å². The number of hydrogen-bond acceptors (Lipinski definition) is 1. The Bertz CT molecular complexity index is 118. The Labute approximate surface area is 89.2 Å². The van der Waals surface area contributed by atoms with Crippen LogP contribution in [0.5, 0.6) is 0 Å². The first kappa shape index (κ1) is 12.0. The van der Waals surface area contributed by atoms with Gasteiger partial charge in [-0.1, -0.05) is 57.8 Å². The minimum atomic E-state index is 0.946. The lowest BCUT2D eigenvalue weighted by molar-refractivity contribution is 0.192. The molecule has 1 saturated carbocycles. The summed E-state index contributed by atoms with van der Waals surface area (Å²) >= 11 is 0. The number of methoxy groups -OCH3 is 1. The first-order valence-corrected chi connectivity index (χ1v) is 6.42. The zero-order chi connectivity index (χ0) is 10.1. The lowest BCUT2D eigenvalue weighted by atomic mass is 10.1. The molecule has 0 N–H and O–H groups in total. The fraction of sp³-hybridized carbons (Fsp3) is 1.00. The second kappa shape index (κ2) is 8.28. The molecule has 84 valence electrons. The van der Waals surface area contributed by atoms with Gasteiger partial charge in [0.1, 0.15) is 0 Å². The van der Waals surface area contributed by atoms with Crippen LogP contribution < -0.4 is 0 Å². The Hall–Kier alpha value is -0.0400. The van der Waals surface area contributed by atoms with E-state index in [0.29, 0.717) is 0 Å². The lowest BCUT2D eigenvalue weighted by Gasteiger charge is -2.01. The zero-order valence-electron chi connectivity index (χ0n) is 9.76. The molecule has 1 nitrogen and oxygen atoms in total. The molecule has 0 spiro atoms. The number of ether oxygens (including phenoxy) is 1. The van der Waals surface area contributed by atoms with Gasteiger partial charge in [0.25, 0.3) is 0 Å². The van der Waals surface area contributed by atoms with E-state index in [1.807, 2.05) is 0 Å². The van der Waals surface area contributed by atoms with E-state index < -0.39 is 0 Å². The van der Waals surface area contributed by atoms with Crippen LogP contribution in [-0.2, 0) is 4.74 Å². The molecule has 0 saturated heterocycles. The van der Waals surface area contributed by atoms with Crippen molar-refractivity contribution in [2.24, 2.45) is 5.92 Å². The smallest absolute Gasteiger partial charge is 0.0462 e. The van der Waals surface area contributed by atoms with Crippen LogP contribution >= 0.6 is 0 Å². The molecule has 0 aromatic rings. The second-order valence-electron chi connectivity index (χ2n) is 4.70. The molecular weight excluding hydrogens is 172 g/mol. The minimum Gasteiger partial charge on any atom is -0.385 e. The van der Waals surface area contributed by atoms with Gasteiger partial charge >= 0.3 is 0 Å². The number of unbranched alkanes of at least 4 members (excludes halogenated alkanes) is 6. The van der Waals surface area contributed by atoms with Crippen LogP contribution in [0.25, 0.3) is 0 Å². The van der Waals surface area contributed by atoms with Crippen molar-refractivity contribution in [3.05, 3.63) is 0 Å². The number of rotatable bonds is 10. The van der Waals surface area contributed by atoms with Crippen LogP contribution in [-0.4, -0.2) is 13.7 Å². The first-order chi connectivity index (χ1) is 6.93. The minimum absolute atomic E-state index is 0.946. The maximum Gasteiger partial charge on any atom is 0.0462 e. The third-order valence-electron chi connectivity index (χ3n) is 3.16. The summed E-state index contributed by atoms with van der Waals surface area (Å²) < 4.78 is 5.02. The molecule has 0 atom stereocenters. The predicted molar refractivity (Wildman–Crippen MR) is 61.5 cm³/mol. The van der Waals surface area contributed by atoms with E-state index in [4.69, 9.17) is 4.74 Å². The molecule has 1 aliphatic rings. The van der Waals surface area contributed by atoms with Crippen LogP contribution in [0.15, 0.2) is 0 Å². The molecule has 1 heteroatoms. The quantitative estimate of drug-likeness (QED) is 0.479. The van der Waals surface area contributed by atoms with Crippen LogP contribution in [0.2, 0.25) is 0 Å². The van der Waals surface area contributed by atoms with E-state index in [1.54, 1.807) is 7.11 Å². The van der Waals surface area contributed by atoms with Gasteiger partial charge in [-0.05, 0) is 12.3 Å². The average molecular weight is 198 g/mol. The molecule has 0 aliphatic heterocycles. The predicted octanol–water partition coefficient (Wildman–Crippen LogP) is 4.16. The molecule has 0 aromatic carbocycles. The highest BCUT2D eigenvalue weighted by Gasteiger charge is 2.19. The summed E-state index contributed by atoms with van der Waals surface area (Å²) in [5, 5.41) is 0. The van der Waals surface area contributed by atoms with Crippen molar-refractivity contribution in [3.63, 3.8) is 0 Å². The Morgan fingerprint density at radius 3 is 2.00 bits per heavy atom. The normalized spacial score (nSPS) is 16.1. The highest BCUT2D eigenvalue weighted by atomic mass is 16.5. The Kier molecular flexibility index (Phi) is 7.12. The molecule has 0 amide bonds. The molecule has 0 radical (unpaired) electrons. The third-order valence-corrected chi connectivity index (χ3v) is 3.16. The highest BCUT2D eigenvalue weighted by Crippen LogP contribution is 2.34. The Morgan fingerprint density at radius 2 is 1.43 bits per heavy atom. The van der Waals surface area contributed by atoms with Gasteiger partial charge in [0.15, 0.2) is 0 Å². The van der Waals surface area contributed by atoms with E-state index in [1.165, 1.54) is 64.2 Å². The van der Waals surface area contributed by atoms with Gasteiger partial charge in [-0.25, -0.2) is 0 Å². The first-order valence-electron chi connectivity index (χ1n) is 6.42. The van der Waals surface area contributed by atoms with Gasteiger partial charge in [0, 0.05) is 13.7 Å². The van der Waals surface area contributed by atoms with Crippen molar-refractivity contribution in [2.45, 2.75) is 64.2 Å². The fourth-order valence-electron chi connectivity index (χ4n) is 1.97. The molecule has 0 aromatic heterocycles.